The second kappa shape index (κ2) is 5.83. The molecule has 26 heavy (non-hydrogen) atoms. The number of hydrogen-bond donors (Lipinski definition) is 2. The Kier molecular flexibility index (Phi) is 4.13. The monoisotopic (exact) mass is 357 g/mol. The Hall–Kier alpha value is -2.37. The predicted octanol–water partition coefficient (Wildman–Crippen LogP) is 2.40. The molecule has 1 fully saturated rings. The van der Waals surface area contributed by atoms with Crippen LogP contribution >= 0.6 is 0 Å². The minimum absolute atomic E-state index is 0.00631. The molecule has 2 heterocycles. The number of carbonyl (C=O) groups excluding carboxylic acids is 3. The largest absolute Gasteiger partial charge is 0.348 e. The normalized spacial score (nSPS) is 22.6. The maximum Gasteiger partial charge on any atom is 0.265 e. The number of para-hydroxylation sites is 1. The molecule has 2 aliphatic heterocycles. The third kappa shape index (κ3) is 2.87. The van der Waals surface area contributed by atoms with Crippen molar-refractivity contribution in [3.05, 3.63) is 29.8 Å². The summed E-state index contributed by atoms with van der Waals surface area (Å²) < 4.78 is 0. The molecular formula is C20H27N3O3. The molecule has 6 nitrogen and oxygen atoms in total. The van der Waals surface area contributed by atoms with Crippen molar-refractivity contribution < 1.29 is 14.4 Å². The summed E-state index contributed by atoms with van der Waals surface area (Å²) in [7, 11) is 0. The molecule has 3 rings (SSSR count). The SMILES string of the molecule is CC(C)(C)CC(C)(C)NC(=O)C1(N2CCC2=O)C(=O)Nc2ccccc21. The zero-order valence-corrected chi connectivity index (χ0v) is 16.1. The van der Waals surface area contributed by atoms with E-state index in [4.69, 9.17) is 0 Å². The van der Waals surface area contributed by atoms with Gasteiger partial charge in [-0.3, -0.25) is 14.4 Å². The Labute approximate surface area is 154 Å². The fourth-order valence-corrected chi connectivity index (χ4v) is 4.30. The molecule has 2 aliphatic rings. The van der Waals surface area contributed by atoms with Crippen LogP contribution in [-0.2, 0) is 19.9 Å². The van der Waals surface area contributed by atoms with Gasteiger partial charge >= 0.3 is 0 Å². The lowest BCUT2D eigenvalue weighted by atomic mass is 9.80. The standard InChI is InChI=1S/C20H27N3O3/c1-18(2,3)12-19(4,5)22-17(26)20(23-11-10-15(23)24)13-8-6-7-9-14(13)21-16(20)25/h6-9H,10-12H2,1-5H3,(H,21,25)(H,22,26). The number of anilines is 1. The lowest BCUT2D eigenvalue weighted by Gasteiger charge is -2.45. The highest BCUT2D eigenvalue weighted by Crippen LogP contribution is 2.43. The van der Waals surface area contributed by atoms with Gasteiger partial charge in [-0.25, -0.2) is 0 Å². The third-order valence-corrected chi connectivity index (χ3v) is 4.90. The minimum Gasteiger partial charge on any atom is -0.348 e. The molecule has 1 atom stereocenters. The first-order valence-corrected chi connectivity index (χ1v) is 9.01. The fraction of sp³-hybridized carbons (Fsp3) is 0.550. The summed E-state index contributed by atoms with van der Waals surface area (Å²) in [4.78, 5) is 40.1. The highest BCUT2D eigenvalue weighted by molar-refractivity contribution is 6.22. The average molecular weight is 357 g/mol. The van der Waals surface area contributed by atoms with Crippen molar-refractivity contribution in [2.75, 3.05) is 11.9 Å². The van der Waals surface area contributed by atoms with Gasteiger partial charge in [-0.2, -0.15) is 0 Å². The van der Waals surface area contributed by atoms with E-state index in [1.54, 1.807) is 24.3 Å². The van der Waals surface area contributed by atoms with Crippen molar-refractivity contribution >= 4 is 23.4 Å². The predicted molar refractivity (Wildman–Crippen MR) is 99.4 cm³/mol. The summed E-state index contributed by atoms with van der Waals surface area (Å²) in [6.07, 6.45) is 1.09. The quantitative estimate of drug-likeness (QED) is 0.641. The highest BCUT2D eigenvalue weighted by atomic mass is 16.2. The van der Waals surface area contributed by atoms with Crippen LogP contribution in [0.15, 0.2) is 24.3 Å². The van der Waals surface area contributed by atoms with E-state index in [9.17, 15) is 14.4 Å². The lowest BCUT2D eigenvalue weighted by Crippen LogP contribution is -2.68. The number of nitrogens with zero attached hydrogens (tertiary/aromatic N) is 1. The van der Waals surface area contributed by atoms with E-state index >= 15 is 0 Å². The van der Waals surface area contributed by atoms with Gasteiger partial charge < -0.3 is 15.5 Å². The molecule has 1 unspecified atom stereocenters. The summed E-state index contributed by atoms with van der Waals surface area (Å²) in [5.41, 5.74) is -1.01. The maximum absolute atomic E-state index is 13.5. The van der Waals surface area contributed by atoms with Gasteiger partial charge in [0.2, 0.25) is 11.4 Å². The van der Waals surface area contributed by atoms with Gasteiger partial charge in [0.1, 0.15) is 0 Å². The van der Waals surface area contributed by atoms with Crippen molar-refractivity contribution in [1.29, 1.82) is 0 Å². The summed E-state index contributed by atoms with van der Waals surface area (Å²) in [5.74, 6) is -1.08. The van der Waals surface area contributed by atoms with Gasteiger partial charge in [-0.1, -0.05) is 39.0 Å². The van der Waals surface area contributed by atoms with Gasteiger partial charge in [0.05, 0.1) is 0 Å². The number of hydrogen-bond acceptors (Lipinski definition) is 3. The molecule has 0 spiro atoms. The second-order valence-electron chi connectivity index (χ2n) is 9.08. The van der Waals surface area contributed by atoms with E-state index in [1.807, 2.05) is 13.8 Å². The van der Waals surface area contributed by atoms with E-state index in [-0.39, 0.29) is 11.3 Å². The van der Waals surface area contributed by atoms with Crippen LogP contribution in [-0.4, -0.2) is 34.7 Å². The molecule has 0 aliphatic carbocycles. The van der Waals surface area contributed by atoms with E-state index < -0.39 is 22.9 Å². The second-order valence-corrected chi connectivity index (χ2v) is 9.08. The Morgan fingerprint density at radius 1 is 1.19 bits per heavy atom. The average Bonchev–Trinajstić information content (AvgIpc) is 2.76. The number of carbonyl (C=O) groups is 3. The number of nitrogens with one attached hydrogen (secondary N) is 2. The number of benzene rings is 1. The smallest absolute Gasteiger partial charge is 0.265 e. The first-order chi connectivity index (χ1) is 12.0. The van der Waals surface area contributed by atoms with Crippen molar-refractivity contribution in [3.63, 3.8) is 0 Å². The molecule has 2 N–H and O–H groups in total. The molecule has 0 aromatic heterocycles. The first-order valence-electron chi connectivity index (χ1n) is 9.01. The number of amides is 3. The van der Waals surface area contributed by atoms with Crippen molar-refractivity contribution in [2.24, 2.45) is 5.41 Å². The number of likely N-dealkylation sites (tertiary alicyclic amines) is 1. The van der Waals surface area contributed by atoms with Crippen LogP contribution in [0.4, 0.5) is 5.69 Å². The molecule has 0 radical (unpaired) electrons. The minimum atomic E-state index is -1.62. The van der Waals surface area contributed by atoms with Crippen molar-refractivity contribution in [3.8, 4) is 0 Å². The fourth-order valence-electron chi connectivity index (χ4n) is 4.30. The molecule has 3 amide bonds. The van der Waals surface area contributed by atoms with Gasteiger partial charge in [0.25, 0.3) is 11.8 Å². The van der Waals surface area contributed by atoms with Crippen molar-refractivity contribution in [2.45, 2.75) is 58.5 Å². The molecule has 140 valence electrons. The molecule has 1 aromatic carbocycles. The van der Waals surface area contributed by atoms with Crippen LogP contribution < -0.4 is 10.6 Å². The van der Waals surface area contributed by atoms with Crippen LogP contribution in [0, 0.1) is 5.41 Å². The van der Waals surface area contributed by atoms with Gasteiger partial charge in [-0.15, -0.1) is 0 Å². The van der Waals surface area contributed by atoms with Gasteiger partial charge in [0.15, 0.2) is 0 Å². The van der Waals surface area contributed by atoms with Gasteiger partial charge in [0, 0.05) is 29.8 Å². The zero-order chi connectivity index (χ0) is 19.3. The maximum atomic E-state index is 13.5. The Balaban J connectivity index is 2.02. The van der Waals surface area contributed by atoms with E-state index in [0.29, 0.717) is 24.2 Å². The summed E-state index contributed by atoms with van der Waals surface area (Å²) >= 11 is 0. The highest BCUT2D eigenvalue weighted by Gasteiger charge is 2.61. The summed E-state index contributed by atoms with van der Waals surface area (Å²) in [6, 6.07) is 7.09. The first kappa shape index (κ1) is 18.4. The molecule has 0 saturated carbocycles. The molecule has 1 aromatic rings. The number of β-lactam (4-membered cyclic amide) rings is 1. The topological polar surface area (TPSA) is 78.5 Å². The lowest BCUT2D eigenvalue weighted by molar-refractivity contribution is -0.163. The summed E-state index contributed by atoms with van der Waals surface area (Å²) in [5, 5.41) is 5.82. The Bertz CT molecular complexity index is 779. The number of fused-ring (bicyclic) bond motifs is 1. The molecular weight excluding hydrogens is 330 g/mol. The Morgan fingerprint density at radius 2 is 1.85 bits per heavy atom. The van der Waals surface area contributed by atoms with Crippen LogP contribution in [0.1, 0.15) is 53.0 Å². The van der Waals surface area contributed by atoms with E-state index in [2.05, 4.69) is 31.4 Å². The zero-order valence-electron chi connectivity index (χ0n) is 16.1. The molecule has 6 heteroatoms. The van der Waals surface area contributed by atoms with Crippen LogP contribution in [0.2, 0.25) is 0 Å². The van der Waals surface area contributed by atoms with Gasteiger partial charge in [-0.05, 0) is 31.7 Å². The molecule has 0 bridgehead atoms. The van der Waals surface area contributed by atoms with Crippen molar-refractivity contribution in [1.82, 2.24) is 10.2 Å². The summed E-state index contributed by atoms with van der Waals surface area (Å²) in [6.45, 7) is 10.6. The third-order valence-electron chi connectivity index (χ3n) is 4.90. The van der Waals surface area contributed by atoms with E-state index in [0.717, 1.165) is 6.42 Å². The number of rotatable bonds is 4. The Morgan fingerprint density at radius 3 is 2.38 bits per heavy atom. The molecule has 1 saturated heterocycles. The van der Waals surface area contributed by atoms with E-state index in [1.165, 1.54) is 4.90 Å². The van der Waals surface area contributed by atoms with Crippen LogP contribution in [0.25, 0.3) is 0 Å². The van der Waals surface area contributed by atoms with Crippen LogP contribution in [0.5, 0.6) is 0 Å². The van der Waals surface area contributed by atoms with Crippen LogP contribution in [0.3, 0.4) is 0 Å².